The van der Waals surface area contributed by atoms with Gasteiger partial charge in [-0.15, -0.1) is 0 Å². The maximum absolute atomic E-state index is 11.2. The third kappa shape index (κ3) is 1.52. The van der Waals surface area contributed by atoms with Gasteiger partial charge in [-0.25, -0.2) is 0 Å². The summed E-state index contributed by atoms with van der Waals surface area (Å²) in [5, 5.41) is 21.5. The summed E-state index contributed by atoms with van der Waals surface area (Å²) in [5.41, 5.74) is -1.31. The van der Waals surface area contributed by atoms with Gasteiger partial charge in [0.2, 0.25) is 0 Å². The first kappa shape index (κ1) is 12.9. The van der Waals surface area contributed by atoms with Crippen LogP contribution in [-0.4, -0.2) is 40.9 Å². The van der Waals surface area contributed by atoms with Gasteiger partial charge in [-0.1, -0.05) is 13.8 Å². The van der Waals surface area contributed by atoms with E-state index in [2.05, 4.69) is 6.92 Å². The van der Waals surface area contributed by atoms with Gasteiger partial charge in [0, 0.05) is 18.3 Å². The van der Waals surface area contributed by atoms with Crippen LogP contribution in [-0.2, 0) is 9.47 Å². The predicted octanol–water partition coefficient (Wildman–Crippen LogP) is 1.44. The lowest BCUT2D eigenvalue weighted by Gasteiger charge is -2.60. The fraction of sp³-hybridized carbons (Fsp3) is 1.00. The molecule has 4 atom stereocenters. The summed E-state index contributed by atoms with van der Waals surface area (Å²) in [7, 11) is 0. The van der Waals surface area contributed by atoms with Crippen LogP contribution in [0, 0.1) is 11.3 Å². The molecule has 3 fully saturated rings. The lowest BCUT2D eigenvalue weighted by molar-refractivity contribution is -0.292. The third-order valence-electron chi connectivity index (χ3n) is 5.79. The van der Waals surface area contributed by atoms with E-state index in [0.29, 0.717) is 19.6 Å². The number of rotatable bonds is 0. The average Bonchev–Trinajstić information content (AvgIpc) is 2.78. The van der Waals surface area contributed by atoms with Crippen molar-refractivity contribution in [3.05, 3.63) is 0 Å². The molecule has 104 valence electrons. The Hall–Kier alpha value is -0.160. The Labute approximate surface area is 108 Å². The van der Waals surface area contributed by atoms with Crippen LogP contribution in [0.1, 0.15) is 46.0 Å². The zero-order valence-corrected chi connectivity index (χ0v) is 11.3. The molecule has 0 radical (unpaired) electrons. The van der Waals surface area contributed by atoms with E-state index in [1.54, 1.807) is 0 Å². The van der Waals surface area contributed by atoms with Gasteiger partial charge in [0.25, 0.3) is 0 Å². The molecule has 0 aromatic rings. The summed E-state index contributed by atoms with van der Waals surface area (Å²) < 4.78 is 11.5. The molecule has 1 aliphatic heterocycles. The molecule has 0 unspecified atom stereocenters. The van der Waals surface area contributed by atoms with Crippen molar-refractivity contribution >= 4 is 0 Å². The Morgan fingerprint density at radius 1 is 1.11 bits per heavy atom. The molecule has 1 heterocycles. The molecule has 2 saturated carbocycles. The highest BCUT2D eigenvalue weighted by molar-refractivity contribution is 5.12. The fourth-order valence-corrected chi connectivity index (χ4v) is 4.27. The Balaban J connectivity index is 1.94. The van der Waals surface area contributed by atoms with Crippen LogP contribution >= 0.6 is 0 Å². The van der Waals surface area contributed by atoms with E-state index >= 15 is 0 Å². The lowest BCUT2D eigenvalue weighted by Crippen LogP contribution is -2.66. The van der Waals surface area contributed by atoms with Gasteiger partial charge in [0.05, 0.1) is 24.9 Å². The van der Waals surface area contributed by atoms with Gasteiger partial charge < -0.3 is 19.7 Å². The van der Waals surface area contributed by atoms with Crippen LogP contribution in [0.3, 0.4) is 0 Å². The van der Waals surface area contributed by atoms with Crippen LogP contribution in [0.4, 0.5) is 0 Å². The number of fused-ring (bicyclic) bond motifs is 1. The molecule has 4 heteroatoms. The minimum absolute atomic E-state index is 0.177. The highest BCUT2D eigenvalue weighted by Gasteiger charge is 2.64. The Kier molecular flexibility index (Phi) is 2.80. The van der Waals surface area contributed by atoms with Crippen molar-refractivity contribution in [2.45, 2.75) is 63.4 Å². The van der Waals surface area contributed by atoms with E-state index in [0.717, 1.165) is 25.7 Å². The van der Waals surface area contributed by atoms with Gasteiger partial charge >= 0.3 is 0 Å². The molecule has 1 saturated heterocycles. The molecule has 0 amide bonds. The van der Waals surface area contributed by atoms with E-state index in [1.807, 2.05) is 6.92 Å². The molecular formula is C14H24O4. The summed E-state index contributed by atoms with van der Waals surface area (Å²) in [5.74, 6) is -0.421. The smallest absolute Gasteiger partial charge is 0.171 e. The van der Waals surface area contributed by atoms with Gasteiger partial charge in [0.1, 0.15) is 0 Å². The van der Waals surface area contributed by atoms with Gasteiger partial charge in [-0.2, -0.15) is 0 Å². The second kappa shape index (κ2) is 3.92. The minimum Gasteiger partial charge on any atom is -0.392 e. The quantitative estimate of drug-likeness (QED) is 0.688. The van der Waals surface area contributed by atoms with Crippen molar-refractivity contribution in [1.29, 1.82) is 0 Å². The molecule has 0 bridgehead atoms. The zero-order chi connectivity index (χ0) is 13.0. The normalized spacial score (nSPS) is 51.3. The molecule has 4 nitrogen and oxygen atoms in total. The van der Waals surface area contributed by atoms with Crippen molar-refractivity contribution in [1.82, 2.24) is 0 Å². The zero-order valence-electron chi connectivity index (χ0n) is 11.3. The van der Waals surface area contributed by atoms with Crippen LogP contribution in [0.15, 0.2) is 0 Å². The molecule has 1 spiro atoms. The van der Waals surface area contributed by atoms with Crippen molar-refractivity contribution in [3.8, 4) is 0 Å². The topological polar surface area (TPSA) is 58.9 Å². The number of aliphatic hydroxyl groups is 2. The Morgan fingerprint density at radius 3 is 2.44 bits per heavy atom. The third-order valence-corrected chi connectivity index (χ3v) is 5.79. The van der Waals surface area contributed by atoms with Crippen LogP contribution in [0.2, 0.25) is 0 Å². The summed E-state index contributed by atoms with van der Waals surface area (Å²) in [6.45, 7) is 5.33. The standard InChI is InChI=1S/C14H24O4/c1-10-3-4-11(15)12(2)5-6-13(9-14(10,12)16)17-7-8-18-13/h10-11,15-16H,3-9H2,1-2H3/t10-,11+,12-,14+/m0/s1. The molecule has 3 aliphatic rings. The van der Waals surface area contributed by atoms with Crippen molar-refractivity contribution in [2.75, 3.05) is 13.2 Å². The van der Waals surface area contributed by atoms with Crippen LogP contribution in [0.25, 0.3) is 0 Å². The predicted molar refractivity (Wildman–Crippen MR) is 65.9 cm³/mol. The second-order valence-electron chi connectivity index (χ2n) is 6.62. The Bertz CT molecular complexity index is 339. The SMILES string of the molecule is C[C@H]1CC[C@@H](O)[C@]2(C)CCC3(C[C@@]12O)OCCO3. The Morgan fingerprint density at radius 2 is 1.78 bits per heavy atom. The maximum atomic E-state index is 11.2. The number of hydrogen-bond donors (Lipinski definition) is 2. The molecule has 18 heavy (non-hydrogen) atoms. The van der Waals surface area contributed by atoms with E-state index in [9.17, 15) is 10.2 Å². The molecule has 0 aromatic carbocycles. The van der Waals surface area contributed by atoms with Crippen molar-refractivity contribution in [2.24, 2.45) is 11.3 Å². The van der Waals surface area contributed by atoms with Gasteiger partial charge in [0.15, 0.2) is 5.79 Å². The first-order valence-electron chi connectivity index (χ1n) is 7.10. The summed E-state index contributed by atoms with van der Waals surface area (Å²) in [6.07, 6.45) is 3.26. The van der Waals surface area contributed by atoms with Gasteiger partial charge in [-0.05, 0) is 25.2 Å². The summed E-state index contributed by atoms with van der Waals surface area (Å²) >= 11 is 0. The highest BCUT2D eigenvalue weighted by Crippen LogP contribution is 2.58. The van der Waals surface area contributed by atoms with Crippen molar-refractivity contribution < 1.29 is 19.7 Å². The van der Waals surface area contributed by atoms with Gasteiger partial charge in [-0.3, -0.25) is 0 Å². The monoisotopic (exact) mass is 256 g/mol. The first-order chi connectivity index (χ1) is 8.42. The number of ether oxygens (including phenoxy) is 2. The summed E-state index contributed by atoms with van der Waals surface area (Å²) in [6, 6.07) is 0. The van der Waals surface area contributed by atoms with Crippen LogP contribution < -0.4 is 0 Å². The molecule has 2 N–H and O–H groups in total. The minimum atomic E-state index is -0.882. The number of aliphatic hydroxyl groups excluding tert-OH is 1. The molecule has 2 aliphatic carbocycles. The lowest BCUT2D eigenvalue weighted by atomic mass is 9.51. The van der Waals surface area contributed by atoms with E-state index < -0.39 is 22.9 Å². The first-order valence-corrected chi connectivity index (χ1v) is 7.10. The maximum Gasteiger partial charge on any atom is 0.171 e. The fourth-order valence-electron chi connectivity index (χ4n) is 4.27. The van der Waals surface area contributed by atoms with E-state index in [1.165, 1.54) is 0 Å². The average molecular weight is 256 g/mol. The molecule has 3 rings (SSSR count). The van der Waals surface area contributed by atoms with Crippen molar-refractivity contribution in [3.63, 3.8) is 0 Å². The van der Waals surface area contributed by atoms with E-state index in [4.69, 9.17) is 9.47 Å². The molecule has 0 aromatic heterocycles. The highest BCUT2D eigenvalue weighted by atomic mass is 16.7. The largest absolute Gasteiger partial charge is 0.392 e. The summed E-state index contributed by atoms with van der Waals surface area (Å²) in [4.78, 5) is 0. The second-order valence-corrected chi connectivity index (χ2v) is 6.62. The van der Waals surface area contributed by atoms with E-state index in [-0.39, 0.29) is 5.92 Å². The molecular weight excluding hydrogens is 232 g/mol. The van der Waals surface area contributed by atoms with Crippen LogP contribution in [0.5, 0.6) is 0 Å². The number of hydrogen-bond acceptors (Lipinski definition) is 4.